The van der Waals surface area contributed by atoms with Crippen LogP contribution >= 0.6 is 39.1 Å². The quantitative estimate of drug-likeness (QED) is 0.592. The van der Waals surface area contributed by atoms with E-state index < -0.39 is 0 Å². The Labute approximate surface area is 71.9 Å². The highest BCUT2D eigenvalue weighted by Gasteiger charge is 1.95. The molecule has 1 rings (SSSR count). The van der Waals surface area contributed by atoms with Gasteiger partial charge in [-0.15, -0.1) is 0 Å². The van der Waals surface area contributed by atoms with E-state index in [1.807, 2.05) is 0 Å². The van der Waals surface area contributed by atoms with Crippen molar-refractivity contribution >= 4 is 39.1 Å². The van der Waals surface area contributed by atoms with E-state index in [1.165, 1.54) is 0 Å². The lowest BCUT2D eigenvalue weighted by atomic mass is 10.4. The Balaban J connectivity index is 3.17. The van der Waals surface area contributed by atoms with Gasteiger partial charge in [-0.3, -0.25) is 0 Å². The van der Waals surface area contributed by atoms with Gasteiger partial charge in [0.2, 0.25) is 0 Å². The molecule has 0 amide bonds. The summed E-state index contributed by atoms with van der Waals surface area (Å²) in [6, 6.07) is 6.09. The molecule has 0 fully saturated rings. The maximum Gasteiger partial charge on any atom is 0.0563 e. The van der Waals surface area contributed by atoms with E-state index >= 15 is 0 Å². The van der Waals surface area contributed by atoms with Gasteiger partial charge in [-0.05, 0) is 28.1 Å². The first-order chi connectivity index (χ1) is 4.20. The van der Waals surface area contributed by atoms with Gasteiger partial charge in [0.1, 0.15) is 0 Å². The third kappa shape index (κ3) is 1.85. The van der Waals surface area contributed by atoms with E-state index in [-0.39, 0.29) is 0 Å². The molecular formula is C6H2BrCl2. The summed E-state index contributed by atoms with van der Waals surface area (Å²) in [6.45, 7) is 0. The Morgan fingerprint density at radius 2 is 2.11 bits per heavy atom. The molecule has 0 spiro atoms. The molecule has 0 N–H and O–H groups in total. The third-order valence-electron chi connectivity index (χ3n) is 0.818. The Morgan fingerprint density at radius 1 is 1.44 bits per heavy atom. The minimum absolute atomic E-state index is 0.531. The van der Waals surface area contributed by atoms with E-state index in [4.69, 9.17) is 23.2 Å². The number of rotatable bonds is 0. The smallest absolute Gasteiger partial charge is 0.0563 e. The number of hydrogen-bond donors (Lipinski definition) is 0. The molecule has 0 aromatic heterocycles. The normalized spacial score (nSPS) is 9.67. The maximum absolute atomic E-state index is 5.66. The largest absolute Gasteiger partial charge is 0.0836 e. The first-order valence-electron chi connectivity index (χ1n) is 2.22. The van der Waals surface area contributed by atoms with Crippen molar-refractivity contribution in [3.05, 3.63) is 32.7 Å². The summed E-state index contributed by atoms with van der Waals surface area (Å²) < 4.78 is 0.813. The summed E-state index contributed by atoms with van der Waals surface area (Å²) in [5.41, 5.74) is 0. The molecule has 0 unspecified atom stereocenters. The average Bonchev–Trinajstić information content (AvgIpc) is 1.80. The van der Waals surface area contributed by atoms with Crippen molar-refractivity contribution in [2.24, 2.45) is 0 Å². The van der Waals surface area contributed by atoms with Crippen molar-refractivity contribution in [2.45, 2.75) is 0 Å². The molecule has 0 heterocycles. The fraction of sp³-hybridized carbons (Fsp3) is 0. The zero-order valence-electron chi connectivity index (χ0n) is 4.29. The van der Waals surface area contributed by atoms with Gasteiger partial charge in [0.15, 0.2) is 0 Å². The standard InChI is InChI=1S/C6H2BrCl2/c7-5-2-1-4(8)3-6(5)9/h2-3H. The van der Waals surface area contributed by atoms with Gasteiger partial charge in [0.05, 0.1) is 10.0 Å². The molecule has 0 atom stereocenters. The second-order valence-electron chi connectivity index (χ2n) is 1.48. The van der Waals surface area contributed by atoms with E-state index in [2.05, 4.69) is 22.0 Å². The van der Waals surface area contributed by atoms with Crippen LogP contribution in [0.15, 0.2) is 16.6 Å². The Kier molecular flexibility index (Phi) is 2.39. The van der Waals surface area contributed by atoms with Crippen LogP contribution in [0.3, 0.4) is 0 Å². The molecule has 0 nitrogen and oxygen atoms in total. The molecular weight excluding hydrogens is 223 g/mol. The fourth-order valence-electron chi connectivity index (χ4n) is 0.423. The second-order valence-corrected chi connectivity index (χ2v) is 3.15. The van der Waals surface area contributed by atoms with E-state index in [1.54, 1.807) is 12.1 Å². The van der Waals surface area contributed by atoms with Crippen LogP contribution in [0.2, 0.25) is 10.0 Å². The van der Waals surface area contributed by atoms with Crippen LogP contribution in [-0.4, -0.2) is 0 Å². The molecule has 9 heavy (non-hydrogen) atoms. The lowest BCUT2D eigenvalue weighted by Gasteiger charge is -1.92. The Hall–Kier alpha value is 0.280. The maximum atomic E-state index is 5.66. The van der Waals surface area contributed by atoms with Crippen molar-refractivity contribution in [3.63, 3.8) is 0 Å². The Bertz CT molecular complexity index is 222. The van der Waals surface area contributed by atoms with Crippen molar-refractivity contribution in [1.82, 2.24) is 0 Å². The van der Waals surface area contributed by atoms with Crippen LogP contribution in [0.1, 0.15) is 0 Å². The summed E-state index contributed by atoms with van der Waals surface area (Å²) in [7, 11) is 0. The SMILES string of the molecule is Clc1[c]cc(Br)c(Cl)c1. The molecule has 1 radical (unpaired) electrons. The molecule has 3 heteroatoms. The summed E-state index contributed by atoms with van der Waals surface area (Å²) in [6.07, 6.45) is 0. The lowest BCUT2D eigenvalue weighted by molar-refractivity contribution is 1.63. The minimum atomic E-state index is 0.531. The lowest BCUT2D eigenvalue weighted by Crippen LogP contribution is -1.67. The molecule has 1 aromatic carbocycles. The molecule has 1 aromatic rings. The molecule has 0 aliphatic carbocycles. The summed E-state index contributed by atoms with van der Waals surface area (Å²) in [4.78, 5) is 0. The van der Waals surface area contributed by atoms with Crippen LogP contribution in [0, 0.1) is 6.07 Å². The Morgan fingerprint density at radius 3 is 2.56 bits per heavy atom. The summed E-state index contributed by atoms with van der Waals surface area (Å²) in [5, 5.41) is 1.14. The van der Waals surface area contributed by atoms with Crippen molar-refractivity contribution < 1.29 is 0 Å². The van der Waals surface area contributed by atoms with Gasteiger partial charge < -0.3 is 0 Å². The topological polar surface area (TPSA) is 0 Å². The molecule has 0 aliphatic heterocycles. The highest BCUT2D eigenvalue weighted by molar-refractivity contribution is 9.10. The summed E-state index contributed by atoms with van der Waals surface area (Å²) >= 11 is 14.4. The number of halogens is 3. The first kappa shape index (κ1) is 7.39. The van der Waals surface area contributed by atoms with Crippen LogP contribution in [0.5, 0.6) is 0 Å². The van der Waals surface area contributed by atoms with Crippen LogP contribution < -0.4 is 0 Å². The van der Waals surface area contributed by atoms with Crippen LogP contribution in [0.25, 0.3) is 0 Å². The van der Waals surface area contributed by atoms with Gasteiger partial charge in [-0.2, -0.15) is 0 Å². The highest BCUT2D eigenvalue weighted by atomic mass is 79.9. The van der Waals surface area contributed by atoms with Crippen LogP contribution in [-0.2, 0) is 0 Å². The number of hydrogen-bond acceptors (Lipinski definition) is 0. The zero-order valence-corrected chi connectivity index (χ0v) is 7.39. The molecule has 47 valence electrons. The van der Waals surface area contributed by atoms with Gasteiger partial charge in [0.25, 0.3) is 0 Å². The van der Waals surface area contributed by atoms with Gasteiger partial charge >= 0.3 is 0 Å². The van der Waals surface area contributed by atoms with Crippen molar-refractivity contribution in [2.75, 3.05) is 0 Å². The molecule has 0 bridgehead atoms. The van der Waals surface area contributed by atoms with Gasteiger partial charge in [0, 0.05) is 10.5 Å². The summed E-state index contributed by atoms with van der Waals surface area (Å²) in [5.74, 6) is 0. The predicted octanol–water partition coefficient (Wildman–Crippen LogP) is 3.56. The zero-order chi connectivity index (χ0) is 6.85. The highest BCUT2D eigenvalue weighted by Crippen LogP contribution is 2.24. The molecule has 0 saturated heterocycles. The van der Waals surface area contributed by atoms with E-state index in [0.29, 0.717) is 10.0 Å². The third-order valence-corrected chi connectivity index (χ3v) is 2.23. The van der Waals surface area contributed by atoms with Crippen molar-refractivity contribution in [3.8, 4) is 0 Å². The van der Waals surface area contributed by atoms with E-state index in [0.717, 1.165) is 4.47 Å². The molecule has 0 aliphatic rings. The van der Waals surface area contributed by atoms with Crippen LogP contribution in [0.4, 0.5) is 0 Å². The van der Waals surface area contributed by atoms with Gasteiger partial charge in [-0.1, -0.05) is 23.2 Å². The van der Waals surface area contributed by atoms with E-state index in [9.17, 15) is 0 Å². The van der Waals surface area contributed by atoms with Crippen molar-refractivity contribution in [1.29, 1.82) is 0 Å². The average molecular weight is 225 g/mol. The minimum Gasteiger partial charge on any atom is -0.0836 e. The monoisotopic (exact) mass is 223 g/mol. The number of benzene rings is 1. The second kappa shape index (κ2) is 2.91. The molecule has 0 saturated carbocycles. The van der Waals surface area contributed by atoms with Gasteiger partial charge in [-0.25, -0.2) is 0 Å². The first-order valence-corrected chi connectivity index (χ1v) is 3.77. The fourth-order valence-corrected chi connectivity index (χ4v) is 1.04. The predicted molar refractivity (Wildman–Crippen MR) is 43.0 cm³/mol.